The van der Waals surface area contributed by atoms with Gasteiger partial charge in [0.05, 0.1) is 10.7 Å². The van der Waals surface area contributed by atoms with Crippen LogP contribution in [0, 0.1) is 5.82 Å². The highest BCUT2D eigenvalue weighted by Gasteiger charge is 2.36. The minimum Gasteiger partial charge on any atom is -0.282 e. The first-order chi connectivity index (χ1) is 12.3. The smallest absolute Gasteiger partial charge is 0.282 e. The Morgan fingerprint density at radius 3 is 2.58 bits per heavy atom. The van der Waals surface area contributed by atoms with Gasteiger partial charge < -0.3 is 0 Å². The van der Waals surface area contributed by atoms with E-state index in [2.05, 4.69) is 20.3 Å². The molecule has 0 unspecified atom stereocenters. The number of hydrogen-bond donors (Lipinski definition) is 0. The second-order valence-electron chi connectivity index (χ2n) is 5.17. The Morgan fingerprint density at radius 2 is 1.88 bits per heavy atom. The van der Waals surface area contributed by atoms with Crippen LogP contribution in [0.3, 0.4) is 0 Å². The monoisotopic (exact) mass is 384 g/mol. The summed E-state index contributed by atoms with van der Waals surface area (Å²) in [5.74, 6) is -2.45. The van der Waals surface area contributed by atoms with Gasteiger partial charge in [0.15, 0.2) is 5.52 Å². The highest BCUT2D eigenvalue weighted by Crippen LogP contribution is 2.26. The summed E-state index contributed by atoms with van der Waals surface area (Å²) in [7, 11) is 0. The van der Waals surface area contributed by atoms with Gasteiger partial charge in [-0.3, -0.25) is 9.36 Å². The molecule has 0 N–H and O–H groups in total. The summed E-state index contributed by atoms with van der Waals surface area (Å²) in [4.78, 5) is 15.9. The zero-order valence-corrected chi connectivity index (χ0v) is 13.1. The van der Waals surface area contributed by atoms with Crippen LogP contribution < -0.4 is 5.56 Å². The molecule has 3 heterocycles. The first-order valence-electron chi connectivity index (χ1n) is 6.93. The van der Waals surface area contributed by atoms with Gasteiger partial charge in [0, 0.05) is 6.20 Å². The SMILES string of the molecule is O=c1c2nnc3nc(C(F)(F)F)nn3c2ccn1-c1ccc(F)c(Cl)c1. The quantitative estimate of drug-likeness (QED) is 0.471. The molecule has 0 radical (unpaired) electrons. The molecule has 0 aliphatic carbocycles. The van der Waals surface area contributed by atoms with Crippen LogP contribution in [0.4, 0.5) is 17.6 Å². The normalized spacial score (nSPS) is 12.2. The zero-order valence-electron chi connectivity index (χ0n) is 12.4. The molecule has 7 nitrogen and oxygen atoms in total. The number of nitrogens with zero attached hydrogens (tertiary/aromatic N) is 6. The number of fused-ring (bicyclic) bond motifs is 3. The second kappa shape index (κ2) is 5.46. The van der Waals surface area contributed by atoms with Crippen molar-refractivity contribution in [2.24, 2.45) is 0 Å². The van der Waals surface area contributed by atoms with Crippen LogP contribution in [0.1, 0.15) is 5.82 Å². The summed E-state index contributed by atoms with van der Waals surface area (Å²) in [6, 6.07) is 4.95. The molecule has 1 aromatic carbocycles. The maximum Gasteiger partial charge on any atom is 0.453 e. The van der Waals surface area contributed by atoms with Crippen molar-refractivity contribution < 1.29 is 17.6 Å². The van der Waals surface area contributed by atoms with Gasteiger partial charge in [-0.15, -0.1) is 15.3 Å². The van der Waals surface area contributed by atoms with Gasteiger partial charge in [-0.1, -0.05) is 11.6 Å². The summed E-state index contributed by atoms with van der Waals surface area (Å²) in [5.41, 5.74) is -0.685. The topological polar surface area (TPSA) is 78.0 Å². The van der Waals surface area contributed by atoms with Gasteiger partial charge in [-0.25, -0.2) is 4.39 Å². The van der Waals surface area contributed by atoms with E-state index in [1.807, 2.05) is 0 Å². The molecule has 0 saturated carbocycles. The van der Waals surface area contributed by atoms with E-state index in [0.29, 0.717) is 0 Å². The van der Waals surface area contributed by atoms with Crippen LogP contribution >= 0.6 is 11.6 Å². The maximum absolute atomic E-state index is 13.3. The number of benzene rings is 1. The summed E-state index contributed by atoms with van der Waals surface area (Å²) in [5, 5.41) is 10.3. The lowest BCUT2D eigenvalue weighted by Gasteiger charge is -2.07. The molecule has 3 aromatic heterocycles. The van der Waals surface area contributed by atoms with Crippen molar-refractivity contribution in [1.82, 2.24) is 29.4 Å². The van der Waals surface area contributed by atoms with Crippen molar-refractivity contribution in [2.45, 2.75) is 6.18 Å². The molecular formula is C14H5ClF4N6O. The van der Waals surface area contributed by atoms with Crippen molar-refractivity contribution in [1.29, 1.82) is 0 Å². The predicted molar refractivity (Wildman–Crippen MR) is 81.7 cm³/mol. The number of halogens is 5. The molecule has 4 rings (SSSR count). The molecule has 0 aliphatic heterocycles. The standard InChI is InChI=1S/C14H5ClF4N6O/c15-7-5-6(1-2-8(7)16)24-4-3-9-10(11(24)26)21-22-13-20-12(14(17,18)19)23-25(9)13/h1-5H. The average Bonchev–Trinajstić information content (AvgIpc) is 3.03. The predicted octanol–water partition coefficient (Wildman–Crippen LogP) is 2.63. The van der Waals surface area contributed by atoms with E-state index in [1.54, 1.807) is 0 Å². The lowest BCUT2D eigenvalue weighted by molar-refractivity contribution is -0.144. The molecule has 132 valence electrons. The second-order valence-corrected chi connectivity index (χ2v) is 5.58. The van der Waals surface area contributed by atoms with Crippen molar-refractivity contribution >= 4 is 28.4 Å². The third-order valence-electron chi connectivity index (χ3n) is 3.54. The Hall–Kier alpha value is -3.08. The fraction of sp³-hybridized carbons (Fsp3) is 0.0714. The van der Waals surface area contributed by atoms with Gasteiger partial charge in [0.2, 0.25) is 0 Å². The van der Waals surface area contributed by atoms with Gasteiger partial charge in [-0.05, 0) is 24.3 Å². The van der Waals surface area contributed by atoms with E-state index in [-0.39, 0.29) is 21.7 Å². The van der Waals surface area contributed by atoms with E-state index in [9.17, 15) is 22.4 Å². The van der Waals surface area contributed by atoms with Crippen LogP contribution in [0.15, 0.2) is 35.3 Å². The van der Waals surface area contributed by atoms with Gasteiger partial charge in [0.25, 0.3) is 17.2 Å². The Kier molecular flexibility index (Phi) is 3.44. The molecule has 0 saturated heterocycles. The average molecular weight is 385 g/mol. The van der Waals surface area contributed by atoms with Crippen molar-refractivity contribution in [3.63, 3.8) is 0 Å². The number of aromatic nitrogens is 6. The molecule has 0 spiro atoms. The van der Waals surface area contributed by atoms with Crippen LogP contribution in [0.2, 0.25) is 5.02 Å². The molecule has 4 aromatic rings. The fourth-order valence-corrected chi connectivity index (χ4v) is 2.54. The van der Waals surface area contributed by atoms with E-state index in [1.165, 1.54) is 24.4 Å². The van der Waals surface area contributed by atoms with Crippen LogP contribution in [-0.4, -0.2) is 29.4 Å². The van der Waals surface area contributed by atoms with Crippen molar-refractivity contribution in [3.8, 4) is 5.69 Å². The van der Waals surface area contributed by atoms with E-state index >= 15 is 0 Å². The lowest BCUT2D eigenvalue weighted by atomic mass is 10.3. The number of pyridine rings is 1. The van der Waals surface area contributed by atoms with Crippen molar-refractivity contribution in [2.75, 3.05) is 0 Å². The Balaban J connectivity index is 1.97. The zero-order chi connectivity index (χ0) is 18.6. The Bertz CT molecular complexity index is 1230. The highest BCUT2D eigenvalue weighted by molar-refractivity contribution is 6.30. The third-order valence-corrected chi connectivity index (χ3v) is 3.83. The molecule has 0 bridgehead atoms. The van der Waals surface area contributed by atoms with E-state index < -0.39 is 29.2 Å². The molecule has 0 aliphatic rings. The number of hydrogen-bond acceptors (Lipinski definition) is 5. The van der Waals surface area contributed by atoms with Gasteiger partial charge >= 0.3 is 6.18 Å². The van der Waals surface area contributed by atoms with Gasteiger partial charge in [0.1, 0.15) is 11.3 Å². The maximum atomic E-state index is 13.3. The highest BCUT2D eigenvalue weighted by atomic mass is 35.5. The van der Waals surface area contributed by atoms with Crippen LogP contribution in [0.5, 0.6) is 0 Å². The van der Waals surface area contributed by atoms with E-state index in [4.69, 9.17) is 11.6 Å². The summed E-state index contributed by atoms with van der Waals surface area (Å²) < 4.78 is 53.5. The summed E-state index contributed by atoms with van der Waals surface area (Å²) >= 11 is 5.71. The van der Waals surface area contributed by atoms with Gasteiger partial charge in [-0.2, -0.15) is 22.7 Å². The summed E-state index contributed by atoms with van der Waals surface area (Å²) in [6.45, 7) is 0. The molecular weight excluding hydrogens is 380 g/mol. The molecule has 12 heteroatoms. The molecule has 26 heavy (non-hydrogen) atoms. The first kappa shape index (κ1) is 16.4. The molecule has 0 atom stereocenters. The fourth-order valence-electron chi connectivity index (χ4n) is 2.36. The largest absolute Gasteiger partial charge is 0.453 e. The number of alkyl halides is 3. The molecule has 0 fully saturated rings. The third kappa shape index (κ3) is 2.47. The molecule has 0 amide bonds. The first-order valence-corrected chi connectivity index (χ1v) is 7.31. The number of rotatable bonds is 1. The minimum absolute atomic E-state index is 0.00698. The van der Waals surface area contributed by atoms with Crippen molar-refractivity contribution in [3.05, 3.63) is 57.5 Å². The van der Waals surface area contributed by atoms with E-state index in [0.717, 1.165) is 15.1 Å². The minimum atomic E-state index is -4.76. The Labute approximate surface area is 145 Å². The Morgan fingerprint density at radius 1 is 1.12 bits per heavy atom. The van der Waals surface area contributed by atoms with Crippen LogP contribution in [0.25, 0.3) is 22.5 Å². The summed E-state index contributed by atoms with van der Waals surface area (Å²) in [6.07, 6.45) is -3.48. The lowest BCUT2D eigenvalue weighted by Crippen LogP contribution is -2.20. The van der Waals surface area contributed by atoms with Crippen LogP contribution in [-0.2, 0) is 6.18 Å².